The Balaban J connectivity index is 2.28. The van der Waals surface area contributed by atoms with E-state index in [4.69, 9.17) is 28.6 Å². The molecule has 0 atom stereocenters. The molecule has 0 aliphatic carbocycles. The molecule has 3 N–H and O–H groups in total. The monoisotopic (exact) mass is 421 g/mol. The van der Waals surface area contributed by atoms with E-state index in [2.05, 4.69) is 32.1 Å². The summed E-state index contributed by atoms with van der Waals surface area (Å²) in [5.41, 5.74) is 4.77. The van der Waals surface area contributed by atoms with Gasteiger partial charge in [0.15, 0.2) is 11.7 Å². The Morgan fingerprint density at radius 1 is 1.30 bits per heavy atom. The van der Waals surface area contributed by atoms with Gasteiger partial charge in [0.25, 0.3) is 5.91 Å². The van der Waals surface area contributed by atoms with E-state index in [-0.39, 0.29) is 17.6 Å². The lowest BCUT2D eigenvalue weighted by atomic mass is 10.2. The summed E-state index contributed by atoms with van der Waals surface area (Å²) in [6.07, 6.45) is 2.09. The molecule has 0 spiro atoms. The average molecular weight is 423 g/mol. The number of rotatable bonds is 6. The SMILES string of the molecule is CCCCC(=O)NC(=S)NNC(=O)COc1ccc(Cl)cc1Br. The highest BCUT2D eigenvalue weighted by Gasteiger charge is 2.08. The van der Waals surface area contributed by atoms with Gasteiger partial charge in [0.05, 0.1) is 4.47 Å². The van der Waals surface area contributed by atoms with E-state index in [1.807, 2.05) is 6.92 Å². The van der Waals surface area contributed by atoms with E-state index in [0.717, 1.165) is 12.8 Å². The van der Waals surface area contributed by atoms with Crippen LogP contribution in [0.2, 0.25) is 5.02 Å². The van der Waals surface area contributed by atoms with Gasteiger partial charge in [0.2, 0.25) is 5.91 Å². The Kier molecular flexibility index (Phi) is 8.90. The highest BCUT2D eigenvalue weighted by atomic mass is 79.9. The summed E-state index contributed by atoms with van der Waals surface area (Å²) in [5.74, 6) is -0.156. The zero-order valence-electron chi connectivity index (χ0n) is 12.4. The predicted molar refractivity (Wildman–Crippen MR) is 96.2 cm³/mol. The van der Waals surface area contributed by atoms with Crippen LogP contribution in [0.4, 0.5) is 0 Å². The maximum Gasteiger partial charge on any atom is 0.276 e. The van der Waals surface area contributed by atoms with Gasteiger partial charge in [0, 0.05) is 11.4 Å². The molecule has 0 aliphatic rings. The number of hydrazine groups is 1. The molecular formula is C14H17BrClN3O3S. The molecule has 126 valence electrons. The normalized spacial score (nSPS) is 9.87. The van der Waals surface area contributed by atoms with Gasteiger partial charge >= 0.3 is 0 Å². The Morgan fingerprint density at radius 2 is 2.04 bits per heavy atom. The summed E-state index contributed by atoms with van der Waals surface area (Å²) in [6.45, 7) is 1.77. The Hall–Kier alpha value is -1.38. The Bertz CT molecular complexity index is 586. The average Bonchev–Trinajstić information content (AvgIpc) is 2.50. The molecule has 0 aliphatic heterocycles. The molecule has 6 nitrogen and oxygen atoms in total. The molecule has 1 aromatic rings. The first kappa shape index (κ1) is 19.7. The number of amides is 2. The number of ether oxygens (including phenoxy) is 1. The van der Waals surface area contributed by atoms with Gasteiger partial charge in [-0.15, -0.1) is 0 Å². The van der Waals surface area contributed by atoms with Crippen molar-refractivity contribution in [3.63, 3.8) is 0 Å². The second kappa shape index (κ2) is 10.4. The topological polar surface area (TPSA) is 79.5 Å². The molecule has 23 heavy (non-hydrogen) atoms. The molecule has 0 saturated heterocycles. The molecular weight excluding hydrogens is 406 g/mol. The number of halogens is 2. The highest BCUT2D eigenvalue weighted by Crippen LogP contribution is 2.27. The zero-order chi connectivity index (χ0) is 17.2. The minimum absolute atomic E-state index is 0.0344. The van der Waals surface area contributed by atoms with Crippen LogP contribution >= 0.6 is 39.7 Å². The highest BCUT2D eigenvalue weighted by molar-refractivity contribution is 9.10. The molecule has 0 bridgehead atoms. The van der Waals surface area contributed by atoms with E-state index in [9.17, 15) is 9.59 Å². The molecule has 2 amide bonds. The van der Waals surface area contributed by atoms with Crippen LogP contribution in [-0.4, -0.2) is 23.5 Å². The van der Waals surface area contributed by atoms with Crippen molar-refractivity contribution in [3.05, 3.63) is 27.7 Å². The second-order valence-electron chi connectivity index (χ2n) is 4.52. The summed E-state index contributed by atoms with van der Waals surface area (Å²) in [6, 6.07) is 4.96. The van der Waals surface area contributed by atoms with E-state index < -0.39 is 5.91 Å². The van der Waals surface area contributed by atoms with Gasteiger partial charge in [-0.05, 0) is 52.8 Å². The lowest BCUT2D eigenvalue weighted by molar-refractivity contribution is -0.124. The van der Waals surface area contributed by atoms with E-state index in [1.165, 1.54) is 0 Å². The van der Waals surface area contributed by atoms with Crippen LogP contribution in [0.25, 0.3) is 0 Å². The Morgan fingerprint density at radius 3 is 2.70 bits per heavy atom. The smallest absolute Gasteiger partial charge is 0.276 e. The second-order valence-corrected chi connectivity index (χ2v) is 6.22. The first-order valence-corrected chi connectivity index (χ1v) is 8.46. The van der Waals surface area contributed by atoms with Crippen molar-refractivity contribution in [1.82, 2.24) is 16.2 Å². The number of unbranched alkanes of at least 4 members (excludes halogenated alkanes) is 1. The molecule has 9 heteroatoms. The summed E-state index contributed by atoms with van der Waals surface area (Å²) in [7, 11) is 0. The van der Waals surface area contributed by atoms with Crippen LogP contribution < -0.4 is 20.9 Å². The number of benzene rings is 1. The number of thiocarbonyl (C=S) groups is 1. The number of nitrogens with one attached hydrogen (secondary N) is 3. The van der Waals surface area contributed by atoms with Crippen molar-refractivity contribution < 1.29 is 14.3 Å². The van der Waals surface area contributed by atoms with Crippen LogP contribution in [0, 0.1) is 0 Å². The van der Waals surface area contributed by atoms with Crippen LogP contribution in [-0.2, 0) is 9.59 Å². The third kappa shape index (κ3) is 8.15. The maximum atomic E-state index is 11.6. The van der Waals surface area contributed by atoms with Gasteiger partial charge < -0.3 is 10.1 Å². The lowest BCUT2D eigenvalue weighted by Gasteiger charge is -2.12. The summed E-state index contributed by atoms with van der Waals surface area (Å²) < 4.78 is 5.97. The third-order valence-corrected chi connectivity index (χ3v) is 3.64. The van der Waals surface area contributed by atoms with Crippen LogP contribution in [0.5, 0.6) is 5.75 Å². The van der Waals surface area contributed by atoms with Crippen LogP contribution in [0.3, 0.4) is 0 Å². The number of hydrogen-bond donors (Lipinski definition) is 3. The molecule has 0 aromatic heterocycles. The van der Waals surface area contributed by atoms with Crippen molar-refractivity contribution in [2.45, 2.75) is 26.2 Å². The lowest BCUT2D eigenvalue weighted by Crippen LogP contribution is -2.49. The quantitative estimate of drug-likeness (QED) is 0.485. The molecule has 0 unspecified atom stereocenters. The summed E-state index contributed by atoms with van der Waals surface area (Å²) >= 11 is 14.0. The fourth-order valence-corrected chi connectivity index (χ4v) is 2.42. The van der Waals surface area contributed by atoms with E-state index in [1.54, 1.807) is 18.2 Å². The first-order valence-electron chi connectivity index (χ1n) is 6.89. The van der Waals surface area contributed by atoms with Gasteiger partial charge in [0.1, 0.15) is 5.75 Å². The third-order valence-electron chi connectivity index (χ3n) is 2.58. The molecule has 1 rings (SSSR count). The van der Waals surface area contributed by atoms with Gasteiger partial charge in [-0.25, -0.2) is 0 Å². The van der Waals surface area contributed by atoms with Crippen molar-refractivity contribution in [3.8, 4) is 5.75 Å². The predicted octanol–water partition coefficient (Wildman–Crippen LogP) is 2.69. The van der Waals surface area contributed by atoms with Crippen molar-refractivity contribution in [1.29, 1.82) is 0 Å². The minimum Gasteiger partial charge on any atom is -0.483 e. The van der Waals surface area contributed by atoms with Crippen LogP contribution in [0.15, 0.2) is 22.7 Å². The zero-order valence-corrected chi connectivity index (χ0v) is 15.6. The standard InChI is InChI=1S/C14H17BrClN3O3S/c1-2-3-4-12(20)17-14(23)19-18-13(21)8-22-11-6-5-9(16)7-10(11)15/h5-7H,2-4,8H2,1H3,(H,18,21)(H2,17,19,20,23). The minimum atomic E-state index is -0.447. The summed E-state index contributed by atoms with van der Waals surface area (Å²) in [5, 5.41) is 3.05. The van der Waals surface area contributed by atoms with Crippen LogP contribution in [0.1, 0.15) is 26.2 Å². The van der Waals surface area contributed by atoms with Crippen molar-refractivity contribution in [2.75, 3.05) is 6.61 Å². The van der Waals surface area contributed by atoms with Gasteiger partial charge in [-0.2, -0.15) is 0 Å². The summed E-state index contributed by atoms with van der Waals surface area (Å²) in [4.78, 5) is 23.1. The fraction of sp³-hybridized carbons (Fsp3) is 0.357. The largest absolute Gasteiger partial charge is 0.483 e. The first-order chi connectivity index (χ1) is 10.9. The molecule has 1 aromatic carbocycles. The molecule has 0 saturated carbocycles. The number of carbonyl (C=O) groups is 2. The number of hydrogen-bond acceptors (Lipinski definition) is 4. The maximum absolute atomic E-state index is 11.6. The van der Waals surface area contributed by atoms with Gasteiger partial charge in [-0.1, -0.05) is 24.9 Å². The molecule has 0 heterocycles. The molecule has 0 radical (unpaired) electrons. The van der Waals surface area contributed by atoms with Gasteiger partial charge in [-0.3, -0.25) is 20.4 Å². The molecule has 0 fully saturated rings. The fourth-order valence-electron chi connectivity index (χ4n) is 1.46. The van der Waals surface area contributed by atoms with Crippen molar-refractivity contribution >= 4 is 56.7 Å². The number of carbonyl (C=O) groups excluding carboxylic acids is 2. The Labute approximate surface area is 153 Å². The van der Waals surface area contributed by atoms with E-state index >= 15 is 0 Å². The van der Waals surface area contributed by atoms with Crippen molar-refractivity contribution in [2.24, 2.45) is 0 Å². The van der Waals surface area contributed by atoms with E-state index in [0.29, 0.717) is 21.7 Å².